The summed E-state index contributed by atoms with van der Waals surface area (Å²) in [5.74, 6) is -0.581. The van der Waals surface area contributed by atoms with Crippen LogP contribution in [0.3, 0.4) is 0 Å². The Kier molecular flexibility index (Phi) is 6.13. The number of aromatic nitrogens is 2. The summed E-state index contributed by atoms with van der Waals surface area (Å²) < 4.78 is 7.04. The standard InChI is InChI=1S/C24H23N5O5/c1-14(2)34-23(30)20-15(3)25-24(31)26-22(20)19-13-28(17-9-5-4-6-10-17)27-21(19)16-8-7-11-18(12-16)29(32)33/h4-14,22H,1-3H3,(H2,25,26,31)/t22-/m0/s1. The smallest absolute Gasteiger partial charge is 0.338 e. The van der Waals surface area contributed by atoms with Gasteiger partial charge in [0.2, 0.25) is 0 Å². The topological polar surface area (TPSA) is 128 Å². The summed E-state index contributed by atoms with van der Waals surface area (Å²) in [6.07, 6.45) is 1.34. The number of ether oxygens (including phenoxy) is 1. The quantitative estimate of drug-likeness (QED) is 0.324. The van der Waals surface area contributed by atoms with Crippen LogP contribution in [0.4, 0.5) is 10.5 Å². The van der Waals surface area contributed by atoms with Crippen molar-refractivity contribution in [1.29, 1.82) is 0 Å². The number of nitrogens with zero attached hydrogens (tertiary/aromatic N) is 3. The second-order valence-corrected chi connectivity index (χ2v) is 8.04. The van der Waals surface area contributed by atoms with Crippen LogP contribution in [-0.2, 0) is 9.53 Å². The van der Waals surface area contributed by atoms with E-state index in [1.54, 1.807) is 43.8 Å². The molecule has 1 aliphatic heterocycles. The van der Waals surface area contributed by atoms with Gasteiger partial charge in [-0.3, -0.25) is 10.1 Å². The first-order chi connectivity index (χ1) is 16.2. The Morgan fingerprint density at radius 3 is 2.59 bits per heavy atom. The van der Waals surface area contributed by atoms with Crippen molar-refractivity contribution >= 4 is 17.7 Å². The second-order valence-electron chi connectivity index (χ2n) is 8.04. The number of nitrogens with one attached hydrogen (secondary N) is 2. The molecule has 2 amide bonds. The van der Waals surface area contributed by atoms with E-state index in [0.29, 0.717) is 22.5 Å². The maximum absolute atomic E-state index is 13.0. The number of carbonyl (C=O) groups excluding carboxylic acids is 2. The molecule has 174 valence electrons. The van der Waals surface area contributed by atoms with Crippen molar-refractivity contribution in [2.75, 3.05) is 0 Å². The van der Waals surface area contributed by atoms with Crippen molar-refractivity contribution in [3.8, 4) is 16.9 Å². The number of allylic oxidation sites excluding steroid dienone is 1. The van der Waals surface area contributed by atoms with E-state index >= 15 is 0 Å². The van der Waals surface area contributed by atoms with E-state index in [4.69, 9.17) is 4.74 Å². The Morgan fingerprint density at radius 2 is 1.91 bits per heavy atom. The van der Waals surface area contributed by atoms with E-state index < -0.39 is 23.0 Å². The minimum atomic E-state index is -0.883. The summed E-state index contributed by atoms with van der Waals surface area (Å²) in [6, 6.07) is 14.0. The van der Waals surface area contributed by atoms with Crippen LogP contribution in [-0.4, -0.2) is 32.8 Å². The van der Waals surface area contributed by atoms with Gasteiger partial charge in [0.15, 0.2) is 0 Å². The van der Waals surface area contributed by atoms with E-state index in [-0.39, 0.29) is 17.4 Å². The van der Waals surface area contributed by atoms with Gasteiger partial charge in [0.05, 0.1) is 34.0 Å². The molecule has 10 nitrogen and oxygen atoms in total. The lowest BCUT2D eigenvalue weighted by Gasteiger charge is -2.28. The van der Waals surface area contributed by atoms with Crippen LogP contribution in [0.1, 0.15) is 32.4 Å². The van der Waals surface area contributed by atoms with Gasteiger partial charge in [-0.15, -0.1) is 0 Å². The number of urea groups is 1. The molecule has 0 saturated carbocycles. The Balaban J connectivity index is 1.92. The Morgan fingerprint density at radius 1 is 1.18 bits per heavy atom. The number of para-hydroxylation sites is 1. The number of non-ortho nitro benzene ring substituents is 1. The number of hydrogen-bond donors (Lipinski definition) is 2. The highest BCUT2D eigenvalue weighted by Gasteiger charge is 2.35. The number of benzene rings is 2. The lowest BCUT2D eigenvalue weighted by atomic mass is 9.93. The molecule has 0 fully saturated rings. The first-order valence-electron chi connectivity index (χ1n) is 10.6. The molecular formula is C24H23N5O5. The van der Waals surface area contributed by atoms with E-state index in [1.807, 2.05) is 30.3 Å². The van der Waals surface area contributed by atoms with Crippen LogP contribution in [0.25, 0.3) is 16.9 Å². The molecule has 0 unspecified atom stereocenters. The highest BCUT2D eigenvalue weighted by molar-refractivity contribution is 5.95. The first-order valence-corrected chi connectivity index (χ1v) is 10.6. The molecule has 0 spiro atoms. The van der Waals surface area contributed by atoms with Gasteiger partial charge in [-0.05, 0) is 32.9 Å². The highest BCUT2D eigenvalue weighted by Crippen LogP contribution is 2.36. The summed E-state index contributed by atoms with van der Waals surface area (Å²) in [5, 5.41) is 21.5. The van der Waals surface area contributed by atoms with E-state index in [2.05, 4.69) is 15.7 Å². The molecule has 2 aromatic carbocycles. The molecule has 0 saturated heterocycles. The van der Waals surface area contributed by atoms with Crippen molar-refractivity contribution in [1.82, 2.24) is 20.4 Å². The predicted octanol–water partition coefficient (Wildman–Crippen LogP) is 4.03. The molecule has 2 heterocycles. The fourth-order valence-corrected chi connectivity index (χ4v) is 3.78. The zero-order chi connectivity index (χ0) is 24.4. The summed E-state index contributed by atoms with van der Waals surface area (Å²) in [4.78, 5) is 36.3. The van der Waals surface area contributed by atoms with E-state index in [1.165, 1.54) is 12.1 Å². The summed E-state index contributed by atoms with van der Waals surface area (Å²) in [5.41, 5.74) is 2.59. The minimum Gasteiger partial charge on any atom is -0.459 e. The van der Waals surface area contributed by atoms with Crippen molar-refractivity contribution in [2.24, 2.45) is 0 Å². The van der Waals surface area contributed by atoms with Gasteiger partial charge in [-0.25, -0.2) is 14.3 Å². The molecule has 1 aliphatic rings. The summed E-state index contributed by atoms with van der Waals surface area (Å²) in [6.45, 7) is 5.09. The van der Waals surface area contributed by atoms with Gasteiger partial charge in [-0.1, -0.05) is 30.3 Å². The third-order valence-electron chi connectivity index (χ3n) is 5.24. The second kappa shape index (κ2) is 9.18. The number of hydrogen-bond acceptors (Lipinski definition) is 6. The third-order valence-corrected chi connectivity index (χ3v) is 5.24. The number of carbonyl (C=O) groups is 2. The Hall–Kier alpha value is -4.47. The fraction of sp³-hybridized carbons (Fsp3) is 0.208. The maximum Gasteiger partial charge on any atom is 0.338 e. The first kappa shape index (κ1) is 22.7. The fourth-order valence-electron chi connectivity index (χ4n) is 3.78. The predicted molar refractivity (Wildman–Crippen MR) is 124 cm³/mol. The molecule has 1 aromatic heterocycles. The van der Waals surface area contributed by atoms with Gasteiger partial charge >= 0.3 is 12.0 Å². The number of nitro benzene ring substituents is 1. The van der Waals surface area contributed by atoms with Gasteiger partial charge in [0.1, 0.15) is 0 Å². The van der Waals surface area contributed by atoms with Gasteiger partial charge in [0.25, 0.3) is 5.69 Å². The lowest BCUT2D eigenvalue weighted by Crippen LogP contribution is -2.45. The number of esters is 1. The number of nitro groups is 1. The average Bonchev–Trinajstić information content (AvgIpc) is 3.24. The molecule has 4 rings (SSSR count). The minimum absolute atomic E-state index is 0.0989. The van der Waals surface area contributed by atoms with Crippen molar-refractivity contribution < 1.29 is 19.2 Å². The maximum atomic E-state index is 13.0. The van der Waals surface area contributed by atoms with Crippen LogP contribution in [0.2, 0.25) is 0 Å². The van der Waals surface area contributed by atoms with E-state index in [9.17, 15) is 19.7 Å². The van der Waals surface area contributed by atoms with Crippen LogP contribution >= 0.6 is 0 Å². The molecule has 34 heavy (non-hydrogen) atoms. The molecule has 10 heteroatoms. The van der Waals surface area contributed by atoms with Gasteiger partial charge < -0.3 is 15.4 Å². The Labute approximate surface area is 195 Å². The van der Waals surface area contributed by atoms with Crippen molar-refractivity contribution in [3.05, 3.63) is 87.7 Å². The molecule has 3 aromatic rings. The summed E-state index contributed by atoms with van der Waals surface area (Å²) in [7, 11) is 0. The lowest BCUT2D eigenvalue weighted by molar-refractivity contribution is -0.384. The zero-order valence-electron chi connectivity index (χ0n) is 18.8. The molecule has 1 atom stereocenters. The molecule has 2 N–H and O–H groups in total. The van der Waals surface area contributed by atoms with Gasteiger partial charge in [0, 0.05) is 35.2 Å². The largest absolute Gasteiger partial charge is 0.459 e. The molecular weight excluding hydrogens is 438 g/mol. The monoisotopic (exact) mass is 461 g/mol. The Bertz CT molecular complexity index is 1300. The number of rotatable bonds is 6. The SMILES string of the molecule is CC1=C(C(=O)OC(C)C)[C@H](c2cn(-c3ccccc3)nc2-c2cccc([N+](=O)[O-])c2)NC(=O)N1. The van der Waals surface area contributed by atoms with Crippen LogP contribution in [0.5, 0.6) is 0 Å². The van der Waals surface area contributed by atoms with Crippen LogP contribution in [0, 0.1) is 10.1 Å². The normalized spacial score (nSPS) is 15.6. The highest BCUT2D eigenvalue weighted by atomic mass is 16.6. The molecule has 0 radical (unpaired) electrons. The van der Waals surface area contributed by atoms with Crippen molar-refractivity contribution in [3.63, 3.8) is 0 Å². The zero-order valence-corrected chi connectivity index (χ0v) is 18.8. The van der Waals surface area contributed by atoms with Crippen molar-refractivity contribution in [2.45, 2.75) is 32.9 Å². The summed E-state index contributed by atoms with van der Waals surface area (Å²) >= 11 is 0. The van der Waals surface area contributed by atoms with Gasteiger partial charge in [-0.2, -0.15) is 5.10 Å². The van der Waals surface area contributed by atoms with Crippen LogP contribution < -0.4 is 10.6 Å². The van der Waals surface area contributed by atoms with E-state index in [0.717, 1.165) is 5.69 Å². The average molecular weight is 461 g/mol. The number of amides is 2. The molecule has 0 aliphatic carbocycles. The van der Waals surface area contributed by atoms with Crippen LogP contribution in [0.15, 0.2) is 72.1 Å². The molecule has 0 bridgehead atoms. The third kappa shape index (κ3) is 4.51.